The van der Waals surface area contributed by atoms with Crippen LogP contribution in [0.1, 0.15) is 18.1 Å². The Morgan fingerprint density at radius 1 is 1.31 bits per heavy atom. The number of ether oxygens (including phenoxy) is 1. The molecular weight excluding hydrogens is 412 g/mol. The Hall–Kier alpha value is -2.91. The van der Waals surface area contributed by atoms with Gasteiger partial charge >= 0.3 is 0 Å². The summed E-state index contributed by atoms with van der Waals surface area (Å²) in [6.07, 6.45) is 2.06. The summed E-state index contributed by atoms with van der Waals surface area (Å²) in [5, 5.41) is 21.6. The van der Waals surface area contributed by atoms with Crippen LogP contribution in [0.25, 0.3) is 6.08 Å². The molecule has 1 aliphatic heterocycles. The van der Waals surface area contributed by atoms with Gasteiger partial charge in [0.15, 0.2) is 11.5 Å². The standard InChI is InChI=1S/C20H18N2O5S2/c1-2-27-16-12-15(22(25)26)10-14(18(16)23)11-17-19(24)21(20(28)29-17)9-8-13-6-4-3-5-7-13/h3-7,10-12,23H,2,8-9H2,1H3/b17-11-. The molecule has 1 N–H and O–H groups in total. The fraction of sp³-hybridized carbons (Fsp3) is 0.200. The maximum Gasteiger partial charge on any atom is 0.274 e. The predicted molar refractivity (Wildman–Crippen MR) is 116 cm³/mol. The van der Waals surface area contributed by atoms with Gasteiger partial charge in [-0.1, -0.05) is 54.3 Å². The molecule has 1 amide bonds. The van der Waals surface area contributed by atoms with Gasteiger partial charge in [0.1, 0.15) is 4.32 Å². The molecule has 150 valence electrons. The zero-order valence-electron chi connectivity index (χ0n) is 15.5. The highest BCUT2D eigenvalue weighted by molar-refractivity contribution is 8.26. The lowest BCUT2D eigenvalue weighted by Gasteiger charge is -2.14. The Kier molecular flexibility index (Phi) is 6.50. The lowest BCUT2D eigenvalue weighted by molar-refractivity contribution is -0.385. The van der Waals surface area contributed by atoms with Crippen molar-refractivity contribution in [3.8, 4) is 11.5 Å². The number of phenols is 1. The number of benzene rings is 2. The number of thiocarbonyl (C=S) groups is 1. The summed E-state index contributed by atoms with van der Waals surface area (Å²) < 4.78 is 5.69. The molecule has 7 nitrogen and oxygen atoms in total. The number of rotatable bonds is 7. The van der Waals surface area contributed by atoms with Crippen molar-refractivity contribution in [1.29, 1.82) is 0 Å². The molecule has 3 rings (SSSR count). The van der Waals surface area contributed by atoms with Crippen LogP contribution in [-0.2, 0) is 11.2 Å². The number of carbonyl (C=O) groups is 1. The van der Waals surface area contributed by atoms with E-state index in [0.29, 0.717) is 22.2 Å². The van der Waals surface area contributed by atoms with Crippen molar-refractivity contribution in [1.82, 2.24) is 4.90 Å². The van der Waals surface area contributed by atoms with Crippen LogP contribution in [0.15, 0.2) is 47.4 Å². The molecule has 1 aliphatic rings. The largest absolute Gasteiger partial charge is 0.504 e. The first-order valence-corrected chi connectivity index (χ1v) is 10.1. The molecule has 0 atom stereocenters. The van der Waals surface area contributed by atoms with Crippen LogP contribution in [0.3, 0.4) is 0 Å². The van der Waals surface area contributed by atoms with Gasteiger partial charge in [0, 0.05) is 18.2 Å². The third kappa shape index (κ3) is 4.75. The number of nitro benzene ring substituents is 1. The molecule has 9 heteroatoms. The topological polar surface area (TPSA) is 92.9 Å². The van der Waals surface area contributed by atoms with Crippen molar-refractivity contribution in [3.63, 3.8) is 0 Å². The average Bonchev–Trinajstić information content (AvgIpc) is 2.96. The number of carbonyl (C=O) groups excluding carboxylic acids is 1. The molecule has 0 saturated carbocycles. The van der Waals surface area contributed by atoms with Gasteiger partial charge < -0.3 is 9.84 Å². The summed E-state index contributed by atoms with van der Waals surface area (Å²) in [5.41, 5.74) is 0.978. The van der Waals surface area contributed by atoms with Gasteiger partial charge in [-0.25, -0.2) is 0 Å². The number of amides is 1. The molecule has 1 heterocycles. The smallest absolute Gasteiger partial charge is 0.274 e. The average molecular weight is 431 g/mol. The number of thioether (sulfide) groups is 1. The quantitative estimate of drug-likeness (QED) is 0.305. The molecule has 0 aliphatic carbocycles. The minimum absolute atomic E-state index is 0.00694. The first kappa shape index (κ1) is 20.8. The van der Waals surface area contributed by atoms with E-state index >= 15 is 0 Å². The van der Waals surface area contributed by atoms with E-state index < -0.39 is 4.92 Å². The number of hydrogen-bond donors (Lipinski definition) is 1. The SMILES string of the molecule is CCOc1cc([N+](=O)[O-])cc(/C=C2\SC(=S)N(CCc3ccccc3)C2=O)c1O. The third-order valence-electron chi connectivity index (χ3n) is 4.23. The van der Waals surface area contributed by atoms with Crippen LogP contribution >= 0.6 is 24.0 Å². The molecule has 0 aromatic heterocycles. The summed E-state index contributed by atoms with van der Waals surface area (Å²) >= 11 is 6.43. The lowest BCUT2D eigenvalue weighted by atomic mass is 10.1. The second-order valence-corrected chi connectivity index (χ2v) is 7.82. The normalized spacial score (nSPS) is 15.2. The summed E-state index contributed by atoms with van der Waals surface area (Å²) in [5.74, 6) is -0.556. The summed E-state index contributed by atoms with van der Waals surface area (Å²) in [4.78, 5) is 25.2. The fourth-order valence-corrected chi connectivity index (χ4v) is 4.11. The Bertz CT molecular complexity index is 992. The maximum absolute atomic E-state index is 12.8. The van der Waals surface area contributed by atoms with Crippen molar-refractivity contribution >= 4 is 46.0 Å². The first-order chi connectivity index (χ1) is 13.9. The molecule has 0 bridgehead atoms. The van der Waals surface area contributed by atoms with E-state index in [0.717, 1.165) is 23.4 Å². The predicted octanol–water partition coefficient (Wildman–Crippen LogP) is 4.14. The van der Waals surface area contributed by atoms with E-state index in [9.17, 15) is 20.0 Å². The zero-order valence-corrected chi connectivity index (χ0v) is 17.2. The van der Waals surface area contributed by atoms with Crippen molar-refractivity contribution in [2.45, 2.75) is 13.3 Å². The van der Waals surface area contributed by atoms with Gasteiger partial charge in [-0.15, -0.1) is 0 Å². The highest BCUT2D eigenvalue weighted by Gasteiger charge is 2.32. The molecule has 29 heavy (non-hydrogen) atoms. The molecule has 1 saturated heterocycles. The fourth-order valence-electron chi connectivity index (χ4n) is 2.81. The van der Waals surface area contributed by atoms with Gasteiger partial charge in [0.2, 0.25) is 0 Å². The third-order valence-corrected chi connectivity index (χ3v) is 5.60. The van der Waals surface area contributed by atoms with Gasteiger partial charge in [-0.2, -0.15) is 0 Å². The Morgan fingerprint density at radius 2 is 2.03 bits per heavy atom. The van der Waals surface area contributed by atoms with Crippen LogP contribution in [0.5, 0.6) is 11.5 Å². The Labute approximate surface area is 177 Å². The second-order valence-electron chi connectivity index (χ2n) is 6.14. The number of hydrogen-bond acceptors (Lipinski definition) is 7. The highest BCUT2D eigenvalue weighted by atomic mass is 32.2. The van der Waals surface area contributed by atoms with Crippen LogP contribution < -0.4 is 4.74 Å². The van der Waals surface area contributed by atoms with Crippen LogP contribution in [-0.4, -0.2) is 38.3 Å². The molecular formula is C20H18N2O5S2. The number of phenolic OH excluding ortho intramolecular Hbond substituents is 1. The summed E-state index contributed by atoms with van der Waals surface area (Å²) in [7, 11) is 0. The van der Waals surface area contributed by atoms with Crippen molar-refractivity contribution in [2.24, 2.45) is 0 Å². The molecule has 2 aromatic carbocycles. The molecule has 0 unspecified atom stereocenters. The van der Waals surface area contributed by atoms with Crippen LogP contribution in [0, 0.1) is 10.1 Å². The Balaban J connectivity index is 1.86. The van der Waals surface area contributed by atoms with E-state index in [4.69, 9.17) is 17.0 Å². The van der Waals surface area contributed by atoms with Crippen LogP contribution in [0.2, 0.25) is 0 Å². The molecule has 0 radical (unpaired) electrons. The van der Waals surface area contributed by atoms with Gasteiger partial charge in [-0.3, -0.25) is 19.8 Å². The minimum atomic E-state index is -0.579. The Morgan fingerprint density at radius 3 is 2.69 bits per heavy atom. The van der Waals surface area contributed by atoms with E-state index in [-0.39, 0.29) is 35.3 Å². The van der Waals surface area contributed by atoms with Gasteiger partial charge in [-0.05, 0) is 25.0 Å². The van der Waals surface area contributed by atoms with Crippen LogP contribution in [0.4, 0.5) is 5.69 Å². The van der Waals surface area contributed by atoms with E-state index in [1.54, 1.807) is 6.92 Å². The van der Waals surface area contributed by atoms with Crippen molar-refractivity contribution < 1.29 is 19.6 Å². The van der Waals surface area contributed by atoms with E-state index in [2.05, 4.69) is 0 Å². The number of aromatic hydroxyl groups is 1. The molecule has 0 spiro atoms. The molecule has 1 fully saturated rings. The van der Waals surface area contributed by atoms with E-state index in [1.807, 2.05) is 30.3 Å². The number of nitrogens with zero attached hydrogens (tertiary/aromatic N) is 2. The summed E-state index contributed by atoms with van der Waals surface area (Å²) in [6.45, 7) is 2.36. The van der Waals surface area contributed by atoms with E-state index in [1.165, 1.54) is 17.0 Å². The van der Waals surface area contributed by atoms with Crippen molar-refractivity contribution in [3.05, 3.63) is 68.6 Å². The molecule has 2 aromatic rings. The minimum Gasteiger partial charge on any atom is -0.504 e. The summed E-state index contributed by atoms with van der Waals surface area (Å²) in [6, 6.07) is 12.1. The zero-order chi connectivity index (χ0) is 21.0. The maximum atomic E-state index is 12.8. The monoisotopic (exact) mass is 430 g/mol. The van der Waals surface area contributed by atoms with Crippen molar-refractivity contribution in [2.75, 3.05) is 13.2 Å². The van der Waals surface area contributed by atoms with Gasteiger partial charge in [0.25, 0.3) is 11.6 Å². The lowest BCUT2D eigenvalue weighted by Crippen LogP contribution is -2.30. The van der Waals surface area contributed by atoms with Gasteiger partial charge in [0.05, 0.1) is 22.5 Å². The highest BCUT2D eigenvalue weighted by Crippen LogP contribution is 2.39. The number of nitro groups is 1. The first-order valence-electron chi connectivity index (χ1n) is 8.84. The second kappa shape index (κ2) is 9.06. The number of non-ortho nitro benzene ring substituents is 1.